The highest BCUT2D eigenvalue weighted by Crippen LogP contribution is 2.50. The minimum Gasteiger partial charge on any atom is -0.395 e. The molecule has 1 heterocycles. The first-order valence-electron chi connectivity index (χ1n) is 6.05. The van der Waals surface area contributed by atoms with Crippen LogP contribution in [0.2, 0.25) is 0 Å². The third-order valence-electron chi connectivity index (χ3n) is 3.01. The zero-order chi connectivity index (χ0) is 13.7. The number of benzene rings is 1. The Hall–Kier alpha value is -1.32. The van der Waals surface area contributed by atoms with E-state index in [9.17, 15) is 8.78 Å². The molecule has 0 fully saturated rings. The van der Waals surface area contributed by atoms with Crippen LogP contribution in [0.1, 0.15) is 51.7 Å². The van der Waals surface area contributed by atoms with Crippen LogP contribution < -0.4 is 9.47 Å². The van der Waals surface area contributed by atoms with Crippen molar-refractivity contribution < 1.29 is 18.3 Å². The smallest absolute Gasteiger partial charge is 0.395 e. The maximum atomic E-state index is 13.3. The summed E-state index contributed by atoms with van der Waals surface area (Å²) in [6.07, 6.45) is -3.56. The van der Waals surface area contributed by atoms with Gasteiger partial charge >= 0.3 is 6.29 Å². The van der Waals surface area contributed by atoms with E-state index in [0.717, 1.165) is 11.1 Å². The maximum Gasteiger partial charge on any atom is 0.586 e. The highest BCUT2D eigenvalue weighted by Gasteiger charge is 2.47. The van der Waals surface area contributed by atoms with Gasteiger partial charge in [0, 0.05) is 11.1 Å². The van der Waals surface area contributed by atoms with Gasteiger partial charge in [-0.1, -0.05) is 46.8 Å². The SMILES string of the molecule is CC(C)c1ccc(C(C)(C)C)c2c1OC(F)(F)O2. The molecular weight excluding hydrogens is 238 g/mol. The summed E-state index contributed by atoms with van der Waals surface area (Å²) >= 11 is 0. The van der Waals surface area contributed by atoms with Gasteiger partial charge in [-0.05, 0) is 11.3 Å². The molecular formula is C14H18F2O2. The topological polar surface area (TPSA) is 18.5 Å². The number of fused-ring (bicyclic) bond motifs is 1. The molecule has 0 unspecified atom stereocenters. The molecule has 1 aliphatic heterocycles. The summed E-state index contributed by atoms with van der Waals surface area (Å²) in [6, 6.07) is 3.69. The molecule has 0 atom stereocenters. The first-order valence-corrected chi connectivity index (χ1v) is 6.05. The molecule has 2 nitrogen and oxygen atoms in total. The van der Waals surface area contributed by atoms with E-state index in [1.54, 1.807) is 0 Å². The molecule has 100 valence electrons. The highest BCUT2D eigenvalue weighted by molar-refractivity contribution is 5.56. The quantitative estimate of drug-likeness (QED) is 0.740. The monoisotopic (exact) mass is 256 g/mol. The molecule has 2 rings (SSSR count). The van der Waals surface area contributed by atoms with Gasteiger partial charge in [-0.25, -0.2) is 0 Å². The number of halogens is 2. The molecule has 0 saturated carbocycles. The molecule has 0 aliphatic carbocycles. The Morgan fingerprint density at radius 1 is 1.06 bits per heavy atom. The van der Waals surface area contributed by atoms with Gasteiger partial charge in [0.15, 0.2) is 11.5 Å². The minimum absolute atomic E-state index is 0.102. The summed E-state index contributed by atoms with van der Waals surface area (Å²) in [5, 5.41) is 0. The first kappa shape index (κ1) is 13.1. The Morgan fingerprint density at radius 3 is 2.11 bits per heavy atom. The van der Waals surface area contributed by atoms with E-state index in [-0.39, 0.29) is 22.8 Å². The van der Waals surface area contributed by atoms with Crippen LogP contribution in [0.15, 0.2) is 12.1 Å². The van der Waals surface area contributed by atoms with Gasteiger partial charge < -0.3 is 9.47 Å². The molecule has 0 saturated heterocycles. The summed E-state index contributed by atoms with van der Waals surface area (Å²) in [4.78, 5) is 0. The van der Waals surface area contributed by atoms with Crippen molar-refractivity contribution in [2.24, 2.45) is 0 Å². The van der Waals surface area contributed by atoms with Crippen LogP contribution in [-0.2, 0) is 5.41 Å². The zero-order valence-electron chi connectivity index (χ0n) is 11.3. The second kappa shape index (κ2) is 3.84. The van der Waals surface area contributed by atoms with E-state index >= 15 is 0 Å². The van der Waals surface area contributed by atoms with Crippen molar-refractivity contribution in [2.75, 3.05) is 0 Å². The number of hydrogen-bond acceptors (Lipinski definition) is 2. The lowest BCUT2D eigenvalue weighted by Crippen LogP contribution is -2.26. The fraction of sp³-hybridized carbons (Fsp3) is 0.571. The normalized spacial score (nSPS) is 17.3. The fourth-order valence-electron chi connectivity index (χ4n) is 2.09. The van der Waals surface area contributed by atoms with Crippen LogP contribution in [0.25, 0.3) is 0 Å². The molecule has 0 spiro atoms. The highest BCUT2D eigenvalue weighted by atomic mass is 19.3. The van der Waals surface area contributed by atoms with Crippen molar-refractivity contribution in [3.63, 3.8) is 0 Å². The third kappa shape index (κ3) is 2.16. The molecule has 1 aromatic carbocycles. The summed E-state index contributed by atoms with van der Waals surface area (Å²) < 4.78 is 36.0. The Kier molecular flexibility index (Phi) is 2.80. The minimum atomic E-state index is -3.56. The Balaban J connectivity index is 2.62. The Morgan fingerprint density at radius 2 is 1.61 bits per heavy atom. The summed E-state index contributed by atoms with van der Waals surface area (Å²) in [7, 11) is 0. The first-order chi connectivity index (χ1) is 8.12. The van der Waals surface area contributed by atoms with E-state index in [0.29, 0.717) is 0 Å². The van der Waals surface area contributed by atoms with Gasteiger partial charge in [-0.15, -0.1) is 8.78 Å². The van der Waals surface area contributed by atoms with E-state index in [2.05, 4.69) is 9.47 Å². The van der Waals surface area contributed by atoms with Crippen LogP contribution in [0.3, 0.4) is 0 Å². The lowest BCUT2D eigenvalue weighted by Gasteiger charge is -2.22. The Labute approximate surface area is 106 Å². The van der Waals surface area contributed by atoms with Crippen molar-refractivity contribution in [1.82, 2.24) is 0 Å². The van der Waals surface area contributed by atoms with Crippen LogP contribution in [0.4, 0.5) is 8.78 Å². The number of alkyl halides is 2. The van der Waals surface area contributed by atoms with Crippen LogP contribution in [0, 0.1) is 0 Å². The van der Waals surface area contributed by atoms with Gasteiger partial charge in [0.2, 0.25) is 0 Å². The van der Waals surface area contributed by atoms with Crippen molar-refractivity contribution in [3.05, 3.63) is 23.3 Å². The molecule has 1 aromatic rings. The largest absolute Gasteiger partial charge is 0.586 e. The lowest BCUT2D eigenvalue weighted by atomic mass is 9.84. The van der Waals surface area contributed by atoms with Gasteiger partial charge in [0.25, 0.3) is 0 Å². The molecule has 1 aliphatic rings. The molecule has 0 amide bonds. The van der Waals surface area contributed by atoms with Gasteiger partial charge in [-0.3, -0.25) is 0 Å². The van der Waals surface area contributed by atoms with Gasteiger partial charge in [0.05, 0.1) is 0 Å². The molecule has 18 heavy (non-hydrogen) atoms. The van der Waals surface area contributed by atoms with E-state index in [1.807, 2.05) is 46.8 Å². The second-order valence-corrected chi connectivity index (χ2v) is 5.93. The molecule has 0 aromatic heterocycles. The molecule has 0 radical (unpaired) electrons. The average Bonchev–Trinajstić information content (AvgIpc) is 2.48. The average molecular weight is 256 g/mol. The zero-order valence-corrected chi connectivity index (χ0v) is 11.3. The predicted octanol–water partition coefficient (Wildman–Crippen LogP) is 4.43. The van der Waals surface area contributed by atoms with E-state index in [1.165, 1.54) is 0 Å². The van der Waals surface area contributed by atoms with E-state index in [4.69, 9.17) is 0 Å². The predicted molar refractivity (Wildman–Crippen MR) is 65.4 cm³/mol. The third-order valence-corrected chi connectivity index (χ3v) is 3.01. The van der Waals surface area contributed by atoms with Crippen molar-refractivity contribution in [3.8, 4) is 11.5 Å². The molecule has 4 heteroatoms. The standard InChI is InChI=1S/C14H18F2O2/c1-8(2)9-6-7-10(13(3,4)5)12-11(9)17-14(15,16)18-12/h6-8H,1-5H3. The second-order valence-electron chi connectivity index (χ2n) is 5.93. The summed E-state index contributed by atoms with van der Waals surface area (Å²) in [5.41, 5.74) is 1.21. The van der Waals surface area contributed by atoms with Crippen LogP contribution in [-0.4, -0.2) is 6.29 Å². The number of ether oxygens (including phenoxy) is 2. The van der Waals surface area contributed by atoms with Gasteiger partial charge in [-0.2, -0.15) is 0 Å². The summed E-state index contributed by atoms with van der Waals surface area (Å²) in [5.74, 6) is 0.464. The summed E-state index contributed by atoms with van der Waals surface area (Å²) in [6.45, 7) is 9.74. The van der Waals surface area contributed by atoms with Crippen LogP contribution in [0.5, 0.6) is 11.5 Å². The fourth-order valence-corrected chi connectivity index (χ4v) is 2.09. The van der Waals surface area contributed by atoms with Crippen molar-refractivity contribution >= 4 is 0 Å². The number of hydrogen-bond donors (Lipinski definition) is 0. The molecule has 0 bridgehead atoms. The van der Waals surface area contributed by atoms with Crippen LogP contribution >= 0.6 is 0 Å². The maximum absolute atomic E-state index is 13.3. The van der Waals surface area contributed by atoms with E-state index < -0.39 is 6.29 Å². The lowest BCUT2D eigenvalue weighted by molar-refractivity contribution is -0.287. The Bertz CT molecular complexity index is 473. The van der Waals surface area contributed by atoms with Gasteiger partial charge in [0.1, 0.15) is 0 Å². The number of rotatable bonds is 1. The van der Waals surface area contributed by atoms with Crippen molar-refractivity contribution in [2.45, 2.75) is 52.2 Å². The van der Waals surface area contributed by atoms with Crippen molar-refractivity contribution in [1.29, 1.82) is 0 Å². The molecule has 0 N–H and O–H groups in total.